The molecule has 5 heteroatoms. The summed E-state index contributed by atoms with van der Waals surface area (Å²) in [5, 5.41) is 8.34. The number of halogens is 1. The Morgan fingerprint density at radius 2 is 2.25 bits per heavy atom. The molecule has 0 saturated carbocycles. The molecule has 1 heterocycles. The van der Waals surface area contributed by atoms with Gasteiger partial charge >= 0.3 is 5.97 Å². The third kappa shape index (κ3) is 4.40. The molecule has 0 amide bonds. The average Bonchev–Trinajstić information content (AvgIpc) is 2.07. The second-order valence-electron chi connectivity index (χ2n) is 1.64. The number of aromatic carboxylic acids is 1. The zero-order valence-electron chi connectivity index (χ0n) is 5.98. The summed E-state index contributed by atoms with van der Waals surface area (Å²) in [4.78, 5) is 22.4. The molecule has 1 N–H and O–H groups in total. The van der Waals surface area contributed by atoms with Crippen LogP contribution in [-0.2, 0) is 4.79 Å². The Kier molecular flexibility index (Phi) is 5.55. The molecule has 0 aliphatic heterocycles. The van der Waals surface area contributed by atoms with Crippen LogP contribution in [0.4, 0.5) is 0 Å². The first kappa shape index (κ1) is 10.6. The number of nitrogens with zero attached hydrogens (tertiary/aromatic N) is 1. The van der Waals surface area contributed by atoms with Gasteiger partial charge in [-0.25, -0.2) is 4.79 Å². The summed E-state index contributed by atoms with van der Waals surface area (Å²) in [5.41, 5.74) is 0.220. The van der Waals surface area contributed by atoms with Crippen LogP contribution in [-0.4, -0.2) is 21.8 Å². The maximum Gasteiger partial charge on any atom is 0.337 e. The molecule has 1 aromatic heterocycles. The Hall–Kier alpha value is -1.42. The molecule has 1 aromatic rings. The molecule has 0 spiro atoms. The molecule has 0 atom stereocenters. The van der Waals surface area contributed by atoms with Crippen LogP contribution in [0.3, 0.4) is 0 Å². The number of carboxylic acids is 1. The third-order valence-corrected chi connectivity index (χ3v) is 0.908. The minimum Gasteiger partial charge on any atom is -0.478 e. The van der Waals surface area contributed by atoms with E-state index in [1.165, 1.54) is 18.5 Å². The summed E-state index contributed by atoms with van der Waals surface area (Å²) in [6.45, 7) is 0. The fourth-order valence-electron chi connectivity index (χ4n) is 0.489. The van der Waals surface area contributed by atoms with E-state index in [0.717, 1.165) is 0 Å². The van der Waals surface area contributed by atoms with Gasteiger partial charge in [-0.05, 0) is 23.7 Å². The molecule has 12 heavy (non-hydrogen) atoms. The van der Waals surface area contributed by atoms with Crippen molar-refractivity contribution in [2.75, 3.05) is 0 Å². The summed E-state index contributed by atoms with van der Waals surface area (Å²) in [6.07, 6.45) is 2.84. The number of pyridine rings is 1. The van der Waals surface area contributed by atoms with Crippen molar-refractivity contribution in [3.05, 3.63) is 30.1 Å². The molecule has 0 fully saturated rings. The lowest BCUT2D eigenvalue weighted by Crippen LogP contribution is -1.94. The second-order valence-corrected chi connectivity index (χ2v) is 1.81. The first-order valence-corrected chi connectivity index (χ1v) is 3.33. The van der Waals surface area contributed by atoms with Crippen LogP contribution in [0, 0.1) is 0 Å². The van der Waals surface area contributed by atoms with Crippen molar-refractivity contribution in [1.29, 1.82) is 0 Å². The first-order valence-electron chi connectivity index (χ1n) is 2.89. The largest absolute Gasteiger partial charge is 0.478 e. The quantitative estimate of drug-likeness (QED) is 0.530. The molecule has 0 bridgehead atoms. The summed E-state index contributed by atoms with van der Waals surface area (Å²) < 4.78 is 0. The lowest BCUT2D eigenvalue weighted by atomic mass is 10.3. The van der Waals surface area contributed by atoms with Gasteiger partial charge in [0.25, 0.3) is 0 Å². The summed E-state index contributed by atoms with van der Waals surface area (Å²) in [7, 11) is 0. The van der Waals surface area contributed by atoms with Crippen molar-refractivity contribution in [1.82, 2.24) is 4.98 Å². The van der Waals surface area contributed by atoms with Crippen molar-refractivity contribution in [2.24, 2.45) is 0 Å². The normalized spacial score (nSPS) is 7.75. The third-order valence-electron chi connectivity index (χ3n) is 0.908. The smallest absolute Gasteiger partial charge is 0.337 e. The number of carbonyl (C=O) groups is 2. The van der Waals surface area contributed by atoms with Crippen molar-refractivity contribution < 1.29 is 14.7 Å². The van der Waals surface area contributed by atoms with Crippen molar-refractivity contribution in [3.63, 3.8) is 0 Å². The van der Waals surface area contributed by atoms with Crippen LogP contribution >= 0.6 is 11.6 Å². The van der Waals surface area contributed by atoms with Crippen LogP contribution in [0.25, 0.3) is 0 Å². The number of aromatic nitrogens is 1. The minimum absolute atomic E-state index is 0.220. The number of hydrogen-bond acceptors (Lipinski definition) is 3. The van der Waals surface area contributed by atoms with Crippen LogP contribution in [0.1, 0.15) is 10.4 Å². The van der Waals surface area contributed by atoms with Crippen molar-refractivity contribution in [2.45, 2.75) is 0 Å². The maximum atomic E-state index is 10.2. The van der Waals surface area contributed by atoms with E-state index >= 15 is 0 Å². The number of hydrogen-bond donors (Lipinski definition) is 1. The molecule has 64 valence electrons. The first-order chi connectivity index (χ1) is 5.72. The van der Waals surface area contributed by atoms with E-state index in [9.17, 15) is 4.79 Å². The fraction of sp³-hybridized carbons (Fsp3) is 0. The van der Waals surface area contributed by atoms with Gasteiger partial charge in [-0.1, -0.05) is 0 Å². The highest BCUT2D eigenvalue weighted by Crippen LogP contribution is 1.92. The van der Waals surface area contributed by atoms with Gasteiger partial charge < -0.3 is 5.11 Å². The van der Waals surface area contributed by atoms with E-state index in [0.29, 0.717) is 0 Å². The lowest BCUT2D eigenvalue weighted by Gasteiger charge is -1.87. The molecule has 0 saturated heterocycles. The van der Waals surface area contributed by atoms with Crippen molar-refractivity contribution >= 4 is 23.3 Å². The molecular weight excluding hydrogens is 182 g/mol. The van der Waals surface area contributed by atoms with E-state index in [-0.39, 0.29) is 11.3 Å². The Labute approximate surface area is 73.8 Å². The lowest BCUT2D eigenvalue weighted by molar-refractivity contribution is 0.0696. The van der Waals surface area contributed by atoms with Gasteiger partial charge in [0.2, 0.25) is 5.75 Å². The Bertz CT molecular complexity index is 250. The Balaban J connectivity index is 0.000000354. The maximum absolute atomic E-state index is 10.2. The van der Waals surface area contributed by atoms with E-state index in [1.54, 1.807) is 6.07 Å². The van der Waals surface area contributed by atoms with Crippen LogP contribution < -0.4 is 0 Å². The van der Waals surface area contributed by atoms with Gasteiger partial charge in [0, 0.05) is 12.4 Å². The van der Waals surface area contributed by atoms with Gasteiger partial charge in [-0.15, -0.1) is 0 Å². The molecule has 0 unspecified atom stereocenters. The summed E-state index contributed by atoms with van der Waals surface area (Å²) in [6, 6.07) is 3.08. The standard InChI is InChI=1S/C6H5NO2.CHClO/c8-6(9)5-2-1-3-7-4-5;2-1-3/h1-4H,(H,8,9);1H. The predicted octanol–water partition coefficient (Wildman–Crippen LogP) is 1.20. The topological polar surface area (TPSA) is 67.3 Å². The fourth-order valence-corrected chi connectivity index (χ4v) is 0.489. The van der Waals surface area contributed by atoms with E-state index in [1.807, 2.05) is 0 Å². The van der Waals surface area contributed by atoms with E-state index < -0.39 is 5.97 Å². The number of rotatable bonds is 1. The molecule has 0 aromatic carbocycles. The van der Waals surface area contributed by atoms with Crippen LogP contribution in [0.2, 0.25) is 0 Å². The molecule has 0 aliphatic rings. The highest BCUT2D eigenvalue weighted by molar-refractivity contribution is 6.54. The van der Waals surface area contributed by atoms with Crippen molar-refractivity contribution in [3.8, 4) is 0 Å². The highest BCUT2D eigenvalue weighted by atomic mass is 35.5. The molecule has 4 nitrogen and oxygen atoms in total. The average molecular weight is 188 g/mol. The summed E-state index contributed by atoms with van der Waals surface area (Å²) >= 11 is 4.32. The molecule has 0 radical (unpaired) electrons. The summed E-state index contributed by atoms with van der Waals surface area (Å²) in [5.74, 6) is -0.719. The predicted molar refractivity (Wildman–Crippen MR) is 43.8 cm³/mol. The number of carboxylic acid groups (broad SMARTS) is 1. The Morgan fingerprint density at radius 1 is 1.67 bits per heavy atom. The SMILES string of the molecule is O=C(O)c1cccnc1.O=CCl. The van der Waals surface area contributed by atoms with Gasteiger partial charge in [-0.3, -0.25) is 9.78 Å². The second kappa shape index (κ2) is 6.30. The highest BCUT2D eigenvalue weighted by Gasteiger charge is 1.97. The zero-order valence-corrected chi connectivity index (χ0v) is 6.73. The Morgan fingerprint density at radius 3 is 2.50 bits per heavy atom. The monoisotopic (exact) mass is 187 g/mol. The van der Waals surface area contributed by atoms with E-state index in [4.69, 9.17) is 9.90 Å². The molecule has 0 aliphatic carbocycles. The van der Waals surface area contributed by atoms with Gasteiger partial charge in [0.1, 0.15) is 0 Å². The minimum atomic E-state index is -0.942. The zero-order chi connectivity index (χ0) is 9.40. The van der Waals surface area contributed by atoms with E-state index in [2.05, 4.69) is 16.6 Å². The van der Waals surface area contributed by atoms with Gasteiger partial charge in [-0.2, -0.15) is 0 Å². The van der Waals surface area contributed by atoms with Gasteiger partial charge in [0.15, 0.2) is 0 Å². The number of carbonyl (C=O) groups excluding carboxylic acids is 1. The molecule has 1 rings (SSSR count). The van der Waals surface area contributed by atoms with Crippen LogP contribution in [0.15, 0.2) is 24.5 Å². The van der Waals surface area contributed by atoms with Crippen LogP contribution in [0.5, 0.6) is 0 Å². The molecular formula is C7H6ClNO3. The van der Waals surface area contributed by atoms with Gasteiger partial charge in [0.05, 0.1) is 5.56 Å².